The second-order valence-corrected chi connectivity index (χ2v) is 6.66. The van der Waals surface area contributed by atoms with Crippen LogP contribution in [0, 0.1) is 5.92 Å². The zero-order valence-electron chi connectivity index (χ0n) is 16.0. The highest BCUT2D eigenvalue weighted by Crippen LogP contribution is 2.22. The molecule has 2 aromatic rings. The Bertz CT molecular complexity index is 787. The van der Waals surface area contributed by atoms with E-state index in [-0.39, 0.29) is 24.0 Å². The minimum atomic E-state index is -0.459. The number of ether oxygens (including phenoxy) is 1. The van der Waals surface area contributed by atoms with Gasteiger partial charge in [0.1, 0.15) is 0 Å². The second kappa shape index (κ2) is 10.8. The number of anilines is 1. The van der Waals surface area contributed by atoms with Crippen molar-refractivity contribution in [3.8, 4) is 5.69 Å². The summed E-state index contributed by atoms with van der Waals surface area (Å²) in [5.41, 5.74) is 1.62. The number of hydrogen-bond donors (Lipinski definition) is 2. The fourth-order valence-electron chi connectivity index (χ4n) is 3.27. The number of halogens is 1. The number of aromatic nitrogens is 2. The van der Waals surface area contributed by atoms with E-state index in [2.05, 4.69) is 15.7 Å². The summed E-state index contributed by atoms with van der Waals surface area (Å²) >= 11 is 0. The zero-order valence-corrected chi connectivity index (χ0v) is 16.8. The van der Waals surface area contributed by atoms with Crippen LogP contribution in [0.25, 0.3) is 5.69 Å². The van der Waals surface area contributed by atoms with Crippen molar-refractivity contribution in [2.45, 2.75) is 32.6 Å². The van der Waals surface area contributed by atoms with E-state index in [0.29, 0.717) is 30.3 Å². The van der Waals surface area contributed by atoms with E-state index < -0.39 is 5.97 Å². The Hall–Kier alpha value is -2.38. The Morgan fingerprint density at radius 2 is 2.00 bits per heavy atom. The lowest BCUT2D eigenvalue weighted by atomic mass is 9.93. The summed E-state index contributed by atoms with van der Waals surface area (Å²) in [4.78, 5) is 24.2. The van der Waals surface area contributed by atoms with Crippen molar-refractivity contribution in [1.82, 2.24) is 15.1 Å². The molecule has 1 fully saturated rings. The third kappa shape index (κ3) is 5.81. The predicted octanol–water partition coefficient (Wildman–Crippen LogP) is 3.19. The van der Waals surface area contributed by atoms with Crippen LogP contribution in [0.1, 0.15) is 43.1 Å². The molecular weight excluding hydrogens is 380 g/mol. The number of amides is 1. The minimum Gasteiger partial charge on any atom is -0.461 e. The third-order valence-corrected chi connectivity index (χ3v) is 4.74. The van der Waals surface area contributed by atoms with Crippen molar-refractivity contribution in [2.24, 2.45) is 5.92 Å². The molecule has 8 heteroatoms. The van der Waals surface area contributed by atoms with Gasteiger partial charge in [-0.2, -0.15) is 5.10 Å². The van der Waals surface area contributed by atoms with E-state index in [1.54, 1.807) is 23.9 Å². The lowest BCUT2D eigenvalue weighted by Gasteiger charge is -2.22. The van der Waals surface area contributed by atoms with E-state index in [1.165, 1.54) is 0 Å². The molecule has 3 rings (SSSR count). The van der Waals surface area contributed by atoms with Gasteiger partial charge >= 0.3 is 5.97 Å². The van der Waals surface area contributed by atoms with Gasteiger partial charge in [0.05, 0.1) is 18.0 Å². The largest absolute Gasteiger partial charge is 0.461 e. The van der Waals surface area contributed by atoms with E-state index in [4.69, 9.17) is 4.74 Å². The van der Waals surface area contributed by atoms with Gasteiger partial charge in [-0.3, -0.25) is 4.79 Å². The average molecular weight is 407 g/mol. The molecule has 0 unspecified atom stereocenters. The summed E-state index contributed by atoms with van der Waals surface area (Å²) in [6.07, 6.45) is 5.37. The molecule has 0 saturated carbocycles. The molecular formula is C20H27ClN4O3. The molecule has 1 amide bonds. The number of piperidine rings is 1. The number of hydrogen-bond acceptors (Lipinski definition) is 5. The summed E-state index contributed by atoms with van der Waals surface area (Å²) in [5.74, 6) is 0.156. The summed E-state index contributed by atoms with van der Waals surface area (Å²) in [5, 5.41) is 10.6. The van der Waals surface area contributed by atoms with Crippen LogP contribution in [0.5, 0.6) is 0 Å². The van der Waals surface area contributed by atoms with Crippen LogP contribution in [0.3, 0.4) is 0 Å². The van der Waals surface area contributed by atoms with Crippen molar-refractivity contribution in [2.75, 3.05) is 25.0 Å². The van der Waals surface area contributed by atoms with Crippen LogP contribution in [0.15, 0.2) is 36.5 Å². The van der Waals surface area contributed by atoms with Gasteiger partial charge in [-0.25, -0.2) is 9.48 Å². The first-order valence-electron chi connectivity index (χ1n) is 9.50. The van der Waals surface area contributed by atoms with Crippen LogP contribution < -0.4 is 10.6 Å². The highest BCUT2D eigenvalue weighted by molar-refractivity contribution is 5.93. The molecule has 1 aromatic carbocycles. The first-order valence-corrected chi connectivity index (χ1v) is 9.50. The van der Waals surface area contributed by atoms with Crippen molar-refractivity contribution in [3.05, 3.63) is 42.2 Å². The van der Waals surface area contributed by atoms with E-state index in [1.807, 2.05) is 24.3 Å². The van der Waals surface area contributed by atoms with E-state index in [9.17, 15) is 9.59 Å². The molecule has 0 aliphatic carbocycles. The van der Waals surface area contributed by atoms with Gasteiger partial charge in [0.2, 0.25) is 5.91 Å². The highest BCUT2D eigenvalue weighted by Gasteiger charge is 2.16. The standard InChI is InChI=1S/C20H26N4O3.ClH/c1-2-27-20(26)17-11-14-24(23-17)18-6-4-3-5-16(18)22-19(25)8-7-15-9-12-21-13-10-15;/h3-6,11,14-15,21H,2,7-10,12-13H2,1H3,(H,22,25);1H. The Morgan fingerprint density at radius 1 is 1.25 bits per heavy atom. The summed E-state index contributed by atoms with van der Waals surface area (Å²) in [6.45, 7) is 4.13. The smallest absolute Gasteiger partial charge is 0.358 e. The van der Waals surface area contributed by atoms with E-state index >= 15 is 0 Å². The molecule has 1 aromatic heterocycles. The SMILES string of the molecule is CCOC(=O)c1ccn(-c2ccccc2NC(=O)CCC2CCNCC2)n1.Cl. The highest BCUT2D eigenvalue weighted by atomic mass is 35.5. The van der Waals surface area contributed by atoms with Gasteiger partial charge in [0.25, 0.3) is 0 Å². The van der Waals surface area contributed by atoms with Crippen molar-refractivity contribution in [1.29, 1.82) is 0 Å². The monoisotopic (exact) mass is 406 g/mol. The van der Waals surface area contributed by atoms with Gasteiger partial charge < -0.3 is 15.4 Å². The number of benzene rings is 1. The molecule has 1 saturated heterocycles. The molecule has 0 radical (unpaired) electrons. The Labute approximate surface area is 171 Å². The molecule has 152 valence electrons. The number of para-hydroxylation sites is 2. The quantitative estimate of drug-likeness (QED) is 0.690. The summed E-state index contributed by atoms with van der Waals surface area (Å²) < 4.78 is 6.55. The molecule has 1 aliphatic heterocycles. The van der Waals surface area contributed by atoms with E-state index in [0.717, 1.165) is 32.4 Å². The number of carbonyl (C=O) groups is 2. The molecule has 0 spiro atoms. The van der Waals surface area contributed by atoms with Crippen LogP contribution >= 0.6 is 12.4 Å². The third-order valence-electron chi connectivity index (χ3n) is 4.74. The molecule has 0 bridgehead atoms. The maximum atomic E-state index is 12.4. The maximum Gasteiger partial charge on any atom is 0.358 e. The lowest BCUT2D eigenvalue weighted by molar-refractivity contribution is -0.116. The van der Waals surface area contributed by atoms with Crippen LogP contribution in [0.4, 0.5) is 5.69 Å². The average Bonchev–Trinajstić information content (AvgIpc) is 3.18. The first kappa shape index (κ1) is 21.9. The van der Waals surface area contributed by atoms with Crippen LogP contribution in [-0.2, 0) is 9.53 Å². The molecule has 2 heterocycles. The second-order valence-electron chi connectivity index (χ2n) is 6.66. The summed E-state index contributed by atoms with van der Waals surface area (Å²) in [7, 11) is 0. The Kier molecular flexibility index (Phi) is 8.47. The number of nitrogens with one attached hydrogen (secondary N) is 2. The number of nitrogens with zero attached hydrogens (tertiary/aromatic N) is 2. The predicted molar refractivity (Wildman–Crippen MR) is 110 cm³/mol. The first-order chi connectivity index (χ1) is 13.2. The van der Waals surface area contributed by atoms with Crippen LogP contribution in [0.2, 0.25) is 0 Å². The fourth-order valence-corrected chi connectivity index (χ4v) is 3.27. The molecule has 1 aliphatic rings. The van der Waals surface area contributed by atoms with Crippen molar-refractivity contribution in [3.63, 3.8) is 0 Å². The molecule has 28 heavy (non-hydrogen) atoms. The van der Waals surface area contributed by atoms with Gasteiger partial charge in [-0.1, -0.05) is 12.1 Å². The van der Waals surface area contributed by atoms with Crippen molar-refractivity contribution < 1.29 is 14.3 Å². The van der Waals surface area contributed by atoms with Gasteiger partial charge in [-0.15, -0.1) is 12.4 Å². The minimum absolute atomic E-state index is 0. The number of rotatable bonds is 7. The number of carbonyl (C=O) groups excluding carboxylic acids is 2. The fraction of sp³-hybridized carbons (Fsp3) is 0.450. The topological polar surface area (TPSA) is 85.2 Å². The zero-order chi connectivity index (χ0) is 19.1. The number of esters is 1. The summed E-state index contributed by atoms with van der Waals surface area (Å²) in [6, 6.07) is 9.02. The molecule has 2 N–H and O–H groups in total. The van der Waals surface area contributed by atoms with Gasteiger partial charge in [0, 0.05) is 12.6 Å². The maximum absolute atomic E-state index is 12.4. The van der Waals surface area contributed by atoms with Crippen molar-refractivity contribution >= 4 is 30.0 Å². The molecule has 0 atom stereocenters. The molecule has 7 nitrogen and oxygen atoms in total. The van der Waals surface area contributed by atoms with Crippen LogP contribution in [-0.4, -0.2) is 41.4 Å². The Morgan fingerprint density at radius 3 is 2.75 bits per heavy atom. The normalized spacial score (nSPS) is 14.2. The van der Waals surface area contributed by atoms with Gasteiger partial charge in [-0.05, 0) is 63.4 Å². The Balaban J connectivity index is 0.00000280. The van der Waals surface area contributed by atoms with Gasteiger partial charge in [0.15, 0.2) is 5.69 Å². The lowest BCUT2D eigenvalue weighted by Crippen LogP contribution is -2.28.